The molecule has 0 atom stereocenters. The predicted molar refractivity (Wildman–Crippen MR) is 78.7 cm³/mol. The molecule has 0 bridgehead atoms. The molecular formula is C15H19N3O3. The molecule has 2 rings (SSSR count). The van der Waals surface area contributed by atoms with Gasteiger partial charge in [-0.25, -0.2) is 0 Å². The predicted octanol–water partition coefficient (Wildman–Crippen LogP) is 0.340. The van der Waals surface area contributed by atoms with Crippen molar-refractivity contribution >= 4 is 23.4 Å². The molecule has 0 aliphatic carbocycles. The average Bonchev–Trinajstić information content (AvgIpc) is 2.53. The van der Waals surface area contributed by atoms with Gasteiger partial charge in [-0.15, -0.1) is 0 Å². The van der Waals surface area contributed by atoms with Crippen molar-refractivity contribution < 1.29 is 14.4 Å². The first-order chi connectivity index (χ1) is 10.0. The second-order valence-electron chi connectivity index (χ2n) is 5.00. The van der Waals surface area contributed by atoms with Crippen LogP contribution in [0.25, 0.3) is 0 Å². The normalized spacial score (nSPS) is 14.8. The molecule has 1 aliphatic heterocycles. The lowest BCUT2D eigenvalue weighted by molar-refractivity contribution is -0.146. The fraction of sp³-hybridized carbons (Fsp3) is 0.400. The zero-order valence-electron chi connectivity index (χ0n) is 12.3. The van der Waals surface area contributed by atoms with Crippen LogP contribution < -0.4 is 4.90 Å². The molecule has 0 N–H and O–H groups in total. The highest BCUT2D eigenvalue weighted by Gasteiger charge is 2.29. The second kappa shape index (κ2) is 6.39. The fourth-order valence-corrected chi connectivity index (χ4v) is 2.27. The minimum Gasteiger partial charge on any atom is -0.339 e. The highest BCUT2D eigenvalue weighted by Crippen LogP contribution is 2.12. The molecule has 1 aromatic rings. The third kappa shape index (κ3) is 3.39. The first kappa shape index (κ1) is 15.0. The maximum atomic E-state index is 12.2. The van der Waals surface area contributed by atoms with E-state index in [0.717, 1.165) is 0 Å². The van der Waals surface area contributed by atoms with Crippen LogP contribution in [-0.4, -0.2) is 60.7 Å². The molecule has 0 unspecified atom stereocenters. The summed E-state index contributed by atoms with van der Waals surface area (Å²) in [5.41, 5.74) is 0.679. The Hall–Kier alpha value is -2.37. The van der Waals surface area contributed by atoms with Crippen molar-refractivity contribution in [2.75, 3.05) is 38.1 Å². The second-order valence-corrected chi connectivity index (χ2v) is 5.00. The lowest BCUT2D eigenvalue weighted by Crippen LogP contribution is -2.53. The number of hydrogen-bond donors (Lipinski definition) is 0. The molecule has 1 aliphatic rings. The summed E-state index contributed by atoms with van der Waals surface area (Å²) in [6.07, 6.45) is 0. The van der Waals surface area contributed by atoms with Crippen molar-refractivity contribution in [1.29, 1.82) is 0 Å². The number of rotatable bonds is 1. The zero-order chi connectivity index (χ0) is 15.4. The summed E-state index contributed by atoms with van der Waals surface area (Å²) in [6, 6.07) is 9.03. The van der Waals surface area contributed by atoms with Gasteiger partial charge in [-0.2, -0.15) is 0 Å². The molecule has 112 valence electrons. The summed E-state index contributed by atoms with van der Waals surface area (Å²) in [4.78, 5) is 40.2. The van der Waals surface area contributed by atoms with E-state index in [0.29, 0.717) is 31.9 Å². The maximum Gasteiger partial charge on any atom is 0.316 e. The van der Waals surface area contributed by atoms with E-state index in [9.17, 15) is 14.4 Å². The zero-order valence-corrected chi connectivity index (χ0v) is 12.3. The summed E-state index contributed by atoms with van der Waals surface area (Å²) < 4.78 is 0. The number of carbonyl (C=O) groups is 3. The van der Waals surface area contributed by atoms with Crippen LogP contribution in [0.1, 0.15) is 6.92 Å². The van der Waals surface area contributed by atoms with Crippen molar-refractivity contribution in [2.24, 2.45) is 0 Å². The van der Waals surface area contributed by atoms with Gasteiger partial charge in [-0.05, 0) is 12.1 Å². The van der Waals surface area contributed by atoms with Gasteiger partial charge in [0.15, 0.2) is 0 Å². The first-order valence-corrected chi connectivity index (χ1v) is 6.88. The fourth-order valence-electron chi connectivity index (χ4n) is 2.27. The largest absolute Gasteiger partial charge is 0.339 e. The Labute approximate surface area is 123 Å². The average molecular weight is 289 g/mol. The van der Waals surface area contributed by atoms with Gasteiger partial charge in [-0.1, -0.05) is 18.2 Å². The summed E-state index contributed by atoms with van der Waals surface area (Å²) in [5, 5.41) is 0. The van der Waals surface area contributed by atoms with Crippen molar-refractivity contribution in [2.45, 2.75) is 6.92 Å². The van der Waals surface area contributed by atoms with E-state index in [4.69, 9.17) is 0 Å². The number of carbonyl (C=O) groups excluding carboxylic acids is 3. The molecule has 1 fully saturated rings. The van der Waals surface area contributed by atoms with Crippen LogP contribution in [0.15, 0.2) is 30.3 Å². The van der Waals surface area contributed by atoms with Gasteiger partial charge in [0.2, 0.25) is 5.91 Å². The molecule has 0 saturated carbocycles. The van der Waals surface area contributed by atoms with Gasteiger partial charge >= 0.3 is 11.8 Å². The van der Waals surface area contributed by atoms with Gasteiger partial charge in [0.05, 0.1) is 0 Å². The molecule has 0 spiro atoms. The smallest absolute Gasteiger partial charge is 0.316 e. The SMILES string of the molecule is CC(=O)N1CCN(C(=O)C(=O)N(C)c2ccccc2)CC1. The standard InChI is InChI=1S/C15H19N3O3/c1-12(19)17-8-10-18(11-9-17)15(21)14(20)16(2)13-6-4-3-5-7-13/h3-7H,8-11H2,1-2H3. The van der Waals surface area contributed by atoms with E-state index in [-0.39, 0.29) is 5.91 Å². The van der Waals surface area contributed by atoms with Crippen molar-refractivity contribution in [3.8, 4) is 0 Å². The van der Waals surface area contributed by atoms with E-state index in [1.807, 2.05) is 18.2 Å². The molecule has 1 heterocycles. The molecule has 21 heavy (non-hydrogen) atoms. The number of hydrogen-bond acceptors (Lipinski definition) is 3. The number of benzene rings is 1. The van der Waals surface area contributed by atoms with Crippen LogP contribution in [0.2, 0.25) is 0 Å². The minimum absolute atomic E-state index is 0.00479. The van der Waals surface area contributed by atoms with E-state index in [1.54, 1.807) is 24.1 Å². The van der Waals surface area contributed by atoms with Crippen LogP contribution in [0.3, 0.4) is 0 Å². The Bertz CT molecular complexity index is 536. The molecule has 0 aromatic heterocycles. The van der Waals surface area contributed by atoms with Gasteiger partial charge in [0, 0.05) is 45.8 Å². The summed E-state index contributed by atoms with van der Waals surface area (Å²) >= 11 is 0. The third-order valence-corrected chi connectivity index (χ3v) is 3.64. The van der Waals surface area contributed by atoms with Crippen LogP contribution >= 0.6 is 0 Å². The summed E-state index contributed by atoms with van der Waals surface area (Å²) in [7, 11) is 1.58. The monoisotopic (exact) mass is 289 g/mol. The highest BCUT2D eigenvalue weighted by molar-refractivity contribution is 6.40. The molecule has 3 amide bonds. The number of anilines is 1. The highest BCUT2D eigenvalue weighted by atomic mass is 16.2. The quantitative estimate of drug-likeness (QED) is 0.700. The Morgan fingerprint density at radius 3 is 2.00 bits per heavy atom. The molecule has 6 heteroatoms. The van der Waals surface area contributed by atoms with E-state index in [1.165, 1.54) is 16.7 Å². The number of piperazine rings is 1. The Kier molecular flexibility index (Phi) is 4.57. The number of para-hydroxylation sites is 1. The van der Waals surface area contributed by atoms with E-state index >= 15 is 0 Å². The lowest BCUT2D eigenvalue weighted by Gasteiger charge is -2.34. The minimum atomic E-state index is -0.558. The Morgan fingerprint density at radius 2 is 1.48 bits per heavy atom. The lowest BCUT2D eigenvalue weighted by atomic mass is 10.2. The molecular weight excluding hydrogens is 270 g/mol. The molecule has 1 saturated heterocycles. The van der Waals surface area contributed by atoms with Crippen molar-refractivity contribution in [3.63, 3.8) is 0 Å². The van der Waals surface area contributed by atoms with E-state index in [2.05, 4.69) is 0 Å². The maximum absolute atomic E-state index is 12.2. The molecule has 1 aromatic carbocycles. The van der Waals surface area contributed by atoms with Gasteiger partial charge in [-0.3, -0.25) is 14.4 Å². The van der Waals surface area contributed by atoms with Crippen LogP contribution in [0.5, 0.6) is 0 Å². The molecule has 0 radical (unpaired) electrons. The third-order valence-electron chi connectivity index (χ3n) is 3.64. The summed E-state index contributed by atoms with van der Waals surface area (Å²) in [6.45, 7) is 3.25. The van der Waals surface area contributed by atoms with Crippen LogP contribution in [-0.2, 0) is 14.4 Å². The Morgan fingerprint density at radius 1 is 0.952 bits per heavy atom. The van der Waals surface area contributed by atoms with Gasteiger partial charge in [0.1, 0.15) is 0 Å². The van der Waals surface area contributed by atoms with Gasteiger partial charge in [0.25, 0.3) is 0 Å². The van der Waals surface area contributed by atoms with Crippen LogP contribution in [0, 0.1) is 0 Å². The van der Waals surface area contributed by atoms with Crippen molar-refractivity contribution in [1.82, 2.24) is 9.80 Å². The Balaban J connectivity index is 1.97. The first-order valence-electron chi connectivity index (χ1n) is 6.88. The molecule has 6 nitrogen and oxygen atoms in total. The number of amides is 3. The van der Waals surface area contributed by atoms with Crippen molar-refractivity contribution in [3.05, 3.63) is 30.3 Å². The van der Waals surface area contributed by atoms with E-state index < -0.39 is 11.8 Å². The number of nitrogens with zero attached hydrogens (tertiary/aromatic N) is 3. The number of likely N-dealkylation sites (N-methyl/N-ethyl adjacent to an activating group) is 1. The summed E-state index contributed by atoms with van der Waals surface area (Å²) in [5.74, 6) is -1.09. The van der Waals surface area contributed by atoms with Crippen LogP contribution in [0.4, 0.5) is 5.69 Å². The van der Waals surface area contributed by atoms with Gasteiger partial charge < -0.3 is 14.7 Å². The topological polar surface area (TPSA) is 60.9 Å².